The fraction of sp³-hybridized carbons (Fsp3) is 0.193. The Morgan fingerprint density at radius 2 is 0.831 bits per heavy atom. The van der Waals surface area contributed by atoms with E-state index in [1.807, 2.05) is 0 Å². The first-order valence-corrected chi connectivity index (χ1v) is 21.1. The van der Waals surface area contributed by atoms with E-state index in [1.165, 1.54) is 67.0 Å². The Morgan fingerprint density at radius 1 is 0.424 bits per heavy atom. The molecule has 0 saturated carbocycles. The second kappa shape index (κ2) is 14.8. The number of fused-ring (bicyclic) bond motifs is 10. The van der Waals surface area contributed by atoms with Gasteiger partial charge in [0.25, 0.3) is 0 Å². The smallest absolute Gasteiger partial charge is 0.0727 e. The fourth-order valence-electron chi connectivity index (χ4n) is 9.37. The van der Waals surface area contributed by atoms with E-state index < -0.39 is 5.41 Å². The van der Waals surface area contributed by atoms with Gasteiger partial charge in [0.05, 0.1) is 5.41 Å². The van der Waals surface area contributed by atoms with E-state index in [0.717, 1.165) is 23.6 Å². The molecule has 2 aliphatic rings. The van der Waals surface area contributed by atoms with Crippen LogP contribution in [0.1, 0.15) is 81.8 Å². The fourth-order valence-corrected chi connectivity index (χ4v) is 9.37. The van der Waals surface area contributed by atoms with Crippen molar-refractivity contribution >= 4 is 28.4 Å². The van der Waals surface area contributed by atoms with E-state index >= 15 is 0 Å². The first-order valence-electron chi connectivity index (χ1n) is 21.1. The molecule has 2 aliphatic carbocycles. The van der Waals surface area contributed by atoms with Gasteiger partial charge in [0.1, 0.15) is 0 Å². The van der Waals surface area contributed by atoms with Gasteiger partial charge in [0.15, 0.2) is 0 Å². The third-order valence-corrected chi connectivity index (χ3v) is 12.4. The number of rotatable bonds is 8. The summed E-state index contributed by atoms with van der Waals surface area (Å²) >= 11 is 0. The van der Waals surface area contributed by atoms with E-state index in [9.17, 15) is 0 Å². The summed E-state index contributed by atoms with van der Waals surface area (Å²) in [6.45, 7) is 16.8. The highest BCUT2D eigenvalue weighted by Crippen LogP contribution is 2.64. The van der Waals surface area contributed by atoms with Crippen LogP contribution in [0, 0.1) is 0 Å². The molecule has 0 aromatic heterocycles. The Kier molecular flexibility index (Phi) is 9.55. The maximum atomic E-state index is 2.55. The standard InChI is InChI=1S/C57H54N2/c1-8-9-10-20-35-58(42-21-14-11-15-22-42)45-29-33-49-50-34-30-46(59(43-23-16-12-17-24-43)44-25-18-13-19-26-44)39-54(50)57(53(49)38-45)51-36-40(55(2,3)4)27-31-47(51)48-32-28-41(37-52(48)57)56(5,6)7/h8-34,36-39H,35H2,1-7H3/b9-8-,20-10-. The van der Waals surface area contributed by atoms with Crippen LogP contribution in [0.3, 0.4) is 0 Å². The molecular formula is C57H54N2. The summed E-state index contributed by atoms with van der Waals surface area (Å²) in [6.07, 6.45) is 8.59. The Hall–Kier alpha value is -6.38. The summed E-state index contributed by atoms with van der Waals surface area (Å²) in [7, 11) is 0. The van der Waals surface area contributed by atoms with Crippen molar-refractivity contribution in [2.24, 2.45) is 0 Å². The topological polar surface area (TPSA) is 6.48 Å². The molecule has 0 atom stereocenters. The summed E-state index contributed by atoms with van der Waals surface area (Å²) in [5.41, 5.74) is 18.4. The normalized spacial score (nSPS) is 13.7. The Balaban J connectivity index is 1.38. The second-order valence-corrected chi connectivity index (χ2v) is 18.1. The summed E-state index contributed by atoms with van der Waals surface area (Å²) < 4.78 is 0. The van der Waals surface area contributed by atoms with Crippen LogP contribution in [-0.2, 0) is 16.2 Å². The van der Waals surface area contributed by atoms with Crippen molar-refractivity contribution in [3.05, 3.63) is 221 Å². The minimum Gasteiger partial charge on any atom is -0.338 e. The number of benzene rings is 7. The van der Waals surface area contributed by atoms with Gasteiger partial charge in [-0.25, -0.2) is 0 Å². The molecular weight excluding hydrogens is 713 g/mol. The van der Waals surface area contributed by atoms with E-state index in [-0.39, 0.29) is 10.8 Å². The van der Waals surface area contributed by atoms with Crippen LogP contribution in [0.25, 0.3) is 22.3 Å². The van der Waals surface area contributed by atoms with E-state index in [4.69, 9.17) is 0 Å². The maximum absolute atomic E-state index is 2.55. The number of para-hydroxylation sites is 3. The highest BCUT2D eigenvalue weighted by atomic mass is 15.1. The molecule has 1 spiro atoms. The number of anilines is 5. The number of hydrogen-bond donors (Lipinski definition) is 0. The molecule has 0 saturated heterocycles. The van der Waals surface area contributed by atoms with Crippen molar-refractivity contribution in [3.63, 3.8) is 0 Å². The van der Waals surface area contributed by atoms with Gasteiger partial charge in [0.2, 0.25) is 0 Å². The van der Waals surface area contributed by atoms with Gasteiger partial charge >= 0.3 is 0 Å². The van der Waals surface area contributed by atoms with Crippen LogP contribution in [0.2, 0.25) is 0 Å². The van der Waals surface area contributed by atoms with Crippen LogP contribution < -0.4 is 9.80 Å². The van der Waals surface area contributed by atoms with Crippen molar-refractivity contribution in [2.45, 2.75) is 64.7 Å². The van der Waals surface area contributed by atoms with Crippen molar-refractivity contribution in [1.29, 1.82) is 0 Å². The lowest BCUT2D eigenvalue weighted by Gasteiger charge is -2.34. The molecule has 292 valence electrons. The Labute approximate surface area is 351 Å². The van der Waals surface area contributed by atoms with Crippen LogP contribution in [0.5, 0.6) is 0 Å². The molecule has 0 unspecified atom stereocenters. The second-order valence-electron chi connectivity index (χ2n) is 18.1. The van der Waals surface area contributed by atoms with Crippen LogP contribution >= 0.6 is 0 Å². The molecule has 0 heterocycles. The highest BCUT2D eigenvalue weighted by Gasteiger charge is 2.53. The van der Waals surface area contributed by atoms with Crippen LogP contribution in [0.15, 0.2) is 188 Å². The zero-order valence-corrected chi connectivity index (χ0v) is 35.5. The van der Waals surface area contributed by atoms with Crippen molar-refractivity contribution in [3.8, 4) is 22.3 Å². The van der Waals surface area contributed by atoms with E-state index in [2.05, 4.69) is 246 Å². The molecule has 7 aromatic carbocycles. The third-order valence-electron chi connectivity index (χ3n) is 12.4. The molecule has 0 N–H and O–H groups in total. The lowest BCUT2D eigenvalue weighted by atomic mass is 9.68. The molecule has 2 heteroatoms. The maximum Gasteiger partial charge on any atom is 0.0727 e. The average molecular weight is 767 g/mol. The summed E-state index contributed by atoms with van der Waals surface area (Å²) in [6, 6.07) is 61.5. The summed E-state index contributed by atoms with van der Waals surface area (Å²) in [4.78, 5) is 4.85. The van der Waals surface area contributed by atoms with Crippen molar-refractivity contribution in [1.82, 2.24) is 0 Å². The molecule has 0 aliphatic heterocycles. The summed E-state index contributed by atoms with van der Waals surface area (Å²) in [5.74, 6) is 0. The average Bonchev–Trinajstić information content (AvgIpc) is 3.70. The first-order chi connectivity index (χ1) is 28.5. The molecule has 0 bridgehead atoms. The third kappa shape index (κ3) is 6.52. The predicted octanol–water partition coefficient (Wildman–Crippen LogP) is 15.4. The lowest BCUT2D eigenvalue weighted by molar-refractivity contribution is 0.586. The van der Waals surface area contributed by atoms with E-state index in [1.54, 1.807) is 0 Å². The van der Waals surface area contributed by atoms with Gasteiger partial charge < -0.3 is 9.80 Å². The minimum atomic E-state index is -0.563. The zero-order chi connectivity index (χ0) is 40.9. The van der Waals surface area contributed by atoms with Gasteiger partial charge in [-0.1, -0.05) is 169 Å². The van der Waals surface area contributed by atoms with Gasteiger partial charge in [-0.3, -0.25) is 0 Å². The molecule has 0 fully saturated rings. The molecule has 7 aromatic rings. The largest absolute Gasteiger partial charge is 0.338 e. The monoisotopic (exact) mass is 766 g/mol. The first kappa shape index (κ1) is 38.2. The van der Waals surface area contributed by atoms with Gasteiger partial charge in [0, 0.05) is 35.0 Å². The SMILES string of the molecule is C/C=C\C=C/CN(c1ccccc1)c1ccc2c(c1)C1(c3cc(N(c4ccccc4)c4ccccc4)ccc3-2)c2cc(C(C)(C)C)ccc2-c2ccc(C(C)(C)C)cc21. The van der Waals surface area contributed by atoms with Gasteiger partial charge in [-0.2, -0.15) is 0 Å². The Bertz CT molecular complexity index is 2600. The molecule has 59 heavy (non-hydrogen) atoms. The van der Waals surface area contributed by atoms with Crippen LogP contribution in [0.4, 0.5) is 28.4 Å². The quantitative estimate of drug-likeness (QED) is 0.142. The van der Waals surface area contributed by atoms with Crippen LogP contribution in [-0.4, -0.2) is 6.54 Å². The molecule has 0 radical (unpaired) electrons. The Morgan fingerprint density at radius 3 is 1.29 bits per heavy atom. The summed E-state index contributed by atoms with van der Waals surface area (Å²) in [5, 5.41) is 0. The van der Waals surface area contributed by atoms with Gasteiger partial charge in [-0.15, -0.1) is 0 Å². The lowest BCUT2D eigenvalue weighted by Crippen LogP contribution is -2.28. The number of nitrogens with zero attached hydrogens (tertiary/aromatic N) is 2. The minimum absolute atomic E-state index is 0.0314. The van der Waals surface area contributed by atoms with Crippen molar-refractivity contribution < 1.29 is 0 Å². The predicted molar refractivity (Wildman–Crippen MR) is 252 cm³/mol. The van der Waals surface area contributed by atoms with Gasteiger partial charge in [-0.05, 0) is 134 Å². The molecule has 2 nitrogen and oxygen atoms in total. The number of hydrogen-bond acceptors (Lipinski definition) is 2. The molecule has 9 rings (SSSR count). The number of allylic oxidation sites excluding steroid dienone is 3. The highest BCUT2D eigenvalue weighted by molar-refractivity contribution is 5.97. The zero-order valence-electron chi connectivity index (χ0n) is 35.5. The van der Waals surface area contributed by atoms with Crippen molar-refractivity contribution in [2.75, 3.05) is 16.3 Å². The molecule has 0 amide bonds. The van der Waals surface area contributed by atoms with E-state index in [0.29, 0.717) is 0 Å².